The lowest BCUT2D eigenvalue weighted by atomic mass is 10.1. The van der Waals surface area contributed by atoms with Gasteiger partial charge in [0.1, 0.15) is 12.4 Å². The predicted molar refractivity (Wildman–Crippen MR) is 81.7 cm³/mol. The van der Waals surface area contributed by atoms with Crippen LogP contribution in [0, 0.1) is 0 Å². The molecule has 0 fully saturated rings. The van der Waals surface area contributed by atoms with E-state index in [9.17, 15) is 9.59 Å². The summed E-state index contributed by atoms with van der Waals surface area (Å²) >= 11 is 3.32. The normalized spacial score (nSPS) is 10.1. The van der Waals surface area contributed by atoms with E-state index in [-0.39, 0.29) is 24.4 Å². The van der Waals surface area contributed by atoms with E-state index in [1.54, 1.807) is 24.3 Å². The van der Waals surface area contributed by atoms with Crippen LogP contribution in [0.4, 0.5) is 0 Å². The molecule has 2 aromatic rings. The van der Waals surface area contributed by atoms with Crippen LogP contribution >= 0.6 is 15.9 Å². The smallest absolute Gasteiger partial charge is 0.335 e. The lowest BCUT2D eigenvalue weighted by Gasteiger charge is -2.06. The second-order valence-electron chi connectivity index (χ2n) is 4.46. The molecule has 0 aliphatic heterocycles. The quantitative estimate of drug-likeness (QED) is 0.869. The molecule has 0 saturated heterocycles. The monoisotopic (exact) mass is 348 g/mol. The first-order valence-electron chi connectivity index (χ1n) is 6.27. The molecule has 0 aromatic heterocycles. The maximum absolute atomic E-state index is 11.9. The highest BCUT2D eigenvalue weighted by molar-refractivity contribution is 9.10. The number of halogens is 1. The second kappa shape index (κ2) is 7.04. The fraction of sp³-hybridized carbons (Fsp3) is 0.125. The van der Waals surface area contributed by atoms with E-state index in [0.29, 0.717) is 11.3 Å². The number of Topliss-reactive ketones (excluding diaryl/α,β-unsaturated/α-hetero) is 1. The first kappa shape index (κ1) is 15.3. The average Bonchev–Trinajstić information content (AvgIpc) is 2.47. The Bertz CT molecular complexity index is 650. The zero-order valence-electron chi connectivity index (χ0n) is 11.1. The first-order chi connectivity index (χ1) is 10.0. The third kappa shape index (κ3) is 4.72. The number of hydrogen-bond donors (Lipinski definition) is 1. The number of carboxylic acids is 1. The summed E-state index contributed by atoms with van der Waals surface area (Å²) in [6.07, 6.45) is 0.150. The van der Waals surface area contributed by atoms with Gasteiger partial charge in [-0.2, -0.15) is 0 Å². The summed E-state index contributed by atoms with van der Waals surface area (Å²) in [5.74, 6) is -0.498. The molecule has 0 aliphatic carbocycles. The van der Waals surface area contributed by atoms with Gasteiger partial charge >= 0.3 is 5.97 Å². The number of carbonyl (C=O) groups is 2. The largest absolute Gasteiger partial charge is 0.486 e. The van der Waals surface area contributed by atoms with Crippen LogP contribution in [0.25, 0.3) is 0 Å². The summed E-state index contributed by atoms with van der Waals surface area (Å²) < 4.78 is 6.32. The van der Waals surface area contributed by atoms with E-state index >= 15 is 0 Å². The fourth-order valence-corrected chi connectivity index (χ4v) is 2.05. The highest BCUT2D eigenvalue weighted by Gasteiger charge is 2.08. The van der Waals surface area contributed by atoms with E-state index in [2.05, 4.69) is 15.9 Å². The second-order valence-corrected chi connectivity index (χ2v) is 5.38. The summed E-state index contributed by atoms with van der Waals surface area (Å²) in [6.45, 7) is -0.0427. The third-order valence-corrected chi connectivity index (χ3v) is 3.32. The van der Waals surface area contributed by atoms with Crippen LogP contribution in [0.3, 0.4) is 0 Å². The Morgan fingerprint density at radius 3 is 2.48 bits per heavy atom. The molecular formula is C16H13BrO4. The Balaban J connectivity index is 1.91. The van der Waals surface area contributed by atoms with Gasteiger partial charge in [0, 0.05) is 10.9 Å². The minimum atomic E-state index is -1.00. The van der Waals surface area contributed by atoms with Gasteiger partial charge in [-0.3, -0.25) is 4.79 Å². The van der Waals surface area contributed by atoms with Crippen molar-refractivity contribution in [2.45, 2.75) is 6.42 Å². The van der Waals surface area contributed by atoms with Gasteiger partial charge < -0.3 is 9.84 Å². The van der Waals surface area contributed by atoms with Crippen molar-refractivity contribution in [1.29, 1.82) is 0 Å². The molecule has 108 valence electrons. The molecule has 0 aliphatic rings. The Kier molecular flexibility index (Phi) is 5.11. The lowest BCUT2D eigenvalue weighted by molar-refractivity contribution is -0.120. The van der Waals surface area contributed by atoms with E-state index in [4.69, 9.17) is 9.84 Å². The van der Waals surface area contributed by atoms with E-state index in [1.807, 2.05) is 12.1 Å². The maximum atomic E-state index is 11.9. The van der Waals surface area contributed by atoms with Crippen molar-refractivity contribution < 1.29 is 19.4 Å². The number of ether oxygens (including phenoxy) is 1. The van der Waals surface area contributed by atoms with E-state index in [1.165, 1.54) is 12.1 Å². The number of aromatic carboxylic acids is 1. The van der Waals surface area contributed by atoms with Crippen LogP contribution in [0.1, 0.15) is 15.9 Å². The lowest BCUT2D eigenvalue weighted by Crippen LogP contribution is -2.14. The molecule has 0 atom stereocenters. The minimum Gasteiger partial charge on any atom is -0.486 e. The van der Waals surface area contributed by atoms with Gasteiger partial charge in [-0.05, 0) is 42.0 Å². The van der Waals surface area contributed by atoms with Gasteiger partial charge in [-0.1, -0.05) is 28.1 Å². The van der Waals surface area contributed by atoms with Gasteiger partial charge in [0.25, 0.3) is 0 Å². The van der Waals surface area contributed by atoms with Crippen LogP contribution in [0.2, 0.25) is 0 Å². The summed E-state index contributed by atoms with van der Waals surface area (Å²) in [4.78, 5) is 22.7. The Morgan fingerprint density at radius 2 is 1.81 bits per heavy atom. The van der Waals surface area contributed by atoms with Crippen LogP contribution in [0.15, 0.2) is 53.0 Å². The number of rotatable bonds is 6. The van der Waals surface area contributed by atoms with Crippen molar-refractivity contribution in [1.82, 2.24) is 0 Å². The summed E-state index contributed by atoms with van der Waals surface area (Å²) in [6, 6.07) is 13.5. The van der Waals surface area contributed by atoms with Crippen LogP contribution in [0.5, 0.6) is 5.75 Å². The summed E-state index contributed by atoms with van der Waals surface area (Å²) in [5.41, 5.74) is 0.841. The third-order valence-electron chi connectivity index (χ3n) is 2.79. The van der Waals surface area contributed by atoms with Crippen molar-refractivity contribution >= 4 is 27.7 Å². The molecule has 0 bridgehead atoms. The van der Waals surface area contributed by atoms with Gasteiger partial charge in [0.15, 0.2) is 5.78 Å². The average molecular weight is 349 g/mol. The number of ketones is 1. The van der Waals surface area contributed by atoms with Gasteiger partial charge in [-0.25, -0.2) is 4.79 Å². The van der Waals surface area contributed by atoms with Crippen molar-refractivity contribution in [3.05, 3.63) is 64.1 Å². The topological polar surface area (TPSA) is 63.6 Å². The van der Waals surface area contributed by atoms with E-state index < -0.39 is 5.97 Å². The molecule has 0 amide bonds. The van der Waals surface area contributed by atoms with Crippen LogP contribution < -0.4 is 4.74 Å². The molecule has 0 heterocycles. The zero-order valence-corrected chi connectivity index (χ0v) is 12.7. The summed E-state index contributed by atoms with van der Waals surface area (Å²) in [5, 5.41) is 8.90. The standard InChI is InChI=1S/C16H13BrO4/c17-13-4-6-15(7-5-13)21-10-14(18)9-11-2-1-3-12(8-11)16(19)20/h1-8H,9-10H2,(H,19,20). The van der Waals surface area contributed by atoms with Crippen LogP contribution in [-0.4, -0.2) is 23.5 Å². The van der Waals surface area contributed by atoms with Crippen molar-refractivity contribution in [3.8, 4) is 5.75 Å². The molecular weight excluding hydrogens is 336 g/mol. The SMILES string of the molecule is O=C(COc1ccc(Br)cc1)Cc1cccc(C(=O)O)c1. The zero-order chi connectivity index (χ0) is 15.2. The highest BCUT2D eigenvalue weighted by Crippen LogP contribution is 2.16. The molecule has 1 N–H and O–H groups in total. The Hall–Kier alpha value is -2.14. The molecule has 4 nitrogen and oxygen atoms in total. The predicted octanol–water partition coefficient (Wildman–Crippen LogP) is 3.34. The molecule has 0 spiro atoms. The molecule has 0 saturated carbocycles. The van der Waals surface area contributed by atoms with E-state index in [0.717, 1.165) is 4.47 Å². The van der Waals surface area contributed by atoms with Gasteiger partial charge in [0.2, 0.25) is 0 Å². The van der Waals surface area contributed by atoms with Crippen molar-refractivity contribution in [2.24, 2.45) is 0 Å². The van der Waals surface area contributed by atoms with Gasteiger partial charge in [-0.15, -0.1) is 0 Å². The number of benzene rings is 2. The number of carbonyl (C=O) groups excluding carboxylic acids is 1. The number of hydrogen-bond acceptors (Lipinski definition) is 3. The van der Waals surface area contributed by atoms with Crippen molar-refractivity contribution in [2.75, 3.05) is 6.61 Å². The Labute approximate surface area is 130 Å². The molecule has 0 radical (unpaired) electrons. The first-order valence-corrected chi connectivity index (χ1v) is 7.06. The highest BCUT2D eigenvalue weighted by atomic mass is 79.9. The van der Waals surface area contributed by atoms with Crippen molar-refractivity contribution in [3.63, 3.8) is 0 Å². The molecule has 21 heavy (non-hydrogen) atoms. The molecule has 2 rings (SSSR count). The molecule has 0 unspecified atom stereocenters. The molecule has 2 aromatic carbocycles. The number of carboxylic acid groups (broad SMARTS) is 1. The maximum Gasteiger partial charge on any atom is 0.335 e. The van der Waals surface area contributed by atoms with Gasteiger partial charge in [0.05, 0.1) is 5.56 Å². The van der Waals surface area contributed by atoms with Crippen LogP contribution in [-0.2, 0) is 11.2 Å². The fourth-order valence-electron chi connectivity index (χ4n) is 1.79. The summed E-state index contributed by atoms with van der Waals surface area (Å²) in [7, 11) is 0. The Morgan fingerprint density at radius 1 is 1.10 bits per heavy atom. The minimum absolute atomic E-state index is 0.0427. The molecule has 5 heteroatoms.